The van der Waals surface area contributed by atoms with E-state index in [0.29, 0.717) is 5.69 Å². The largest absolute Gasteiger partial charge is 0.279 e. The molecule has 0 saturated carbocycles. The smallest absolute Gasteiger partial charge is 0.126 e. The molecule has 0 radical (unpaired) electrons. The van der Waals surface area contributed by atoms with E-state index in [9.17, 15) is 4.39 Å². The lowest BCUT2D eigenvalue weighted by molar-refractivity contribution is 0.271. The highest BCUT2D eigenvalue weighted by molar-refractivity contribution is 5.48. The minimum atomic E-state index is -0.464. The molecular weight excluding hydrogens is 159 g/mol. The number of benzene rings is 1. The average Bonchev–Trinajstić information content (AvgIpc) is 2.04. The van der Waals surface area contributed by atoms with Crippen molar-refractivity contribution in [2.75, 3.05) is 12.6 Å². The highest BCUT2D eigenvalue weighted by atomic mass is 19.1. The van der Waals surface area contributed by atoms with Gasteiger partial charge in [0, 0.05) is 0 Å². The molecule has 0 atom stereocenters. The Labute approximate surface area is 69.3 Å². The van der Waals surface area contributed by atoms with Crippen LogP contribution in [0.4, 0.5) is 10.1 Å². The molecule has 0 unspecified atom stereocenters. The van der Waals surface area contributed by atoms with Gasteiger partial charge in [0.2, 0.25) is 0 Å². The zero-order chi connectivity index (χ0) is 8.97. The first-order valence-electron chi connectivity index (χ1n) is 3.26. The molecular formula is C8H7FN2O. The van der Waals surface area contributed by atoms with Gasteiger partial charge in [-0.3, -0.25) is 10.3 Å². The maximum atomic E-state index is 12.7. The number of halogens is 1. The van der Waals surface area contributed by atoms with Crippen LogP contribution in [0.2, 0.25) is 0 Å². The molecule has 0 aromatic heterocycles. The van der Waals surface area contributed by atoms with Gasteiger partial charge in [0.15, 0.2) is 0 Å². The third-order valence-electron chi connectivity index (χ3n) is 1.25. The number of hydrogen-bond acceptors (Lipinski definition) is 3. The van der Waals surface area contributed by atoms with Crippen molar-refractivity contribution in [1.82, 2.24) is 0 Å². The van der Waals surface area contributed by atoms with Crippen LogP contribution in [0.3, 0.4) is 0 Å². The number of nitrogens with one attached hydrogen (secondary N) is 1. The summed E-state index contributed by atoms with van der Waals surface area (Å²) in [6.07, 6.45) is 0. The molecule has 1 rings (SSSR count). The van der Waals surface area contributed by atoms with Crippen LogP contribution < -0.4 is 5.48 Å². The van der Waals surface area contributed by atoms with E-state index in [1.54, 1.807) is 0 Å². The number of rotatable bonds is 2. The molecule has 0 spiro atoms. The summed E-state index contributed by atoms with van der Waals surface area (Å²) in [5.74, 6) is -0.464. The van der Waals surface area contributed by atoms with Crippen LogP contribution in [0.1, 0.15) is 5.56 Å². The summed E-state index contributed by atoms with van der Waals surface area (Å²) in [4.78, 5) is 4.56. The van der Waals surface area contributed by atoms with Crippen LogP contribution in [-0.2, 0) is 4.84 Å². The van der Waals surface area contributed by atoms with Crippen molar-refractivity contribution in [3.63, 3.8) is 0 Å². The summed E-state index contributed by atoms with van der Waals surface area (Å²) in [7, 11) is 1.41. The molecule has 62 valence electrons. The van der Waals surface area contributed by atoms with E-state index in [1.165, 1.54) is 19.2 Å². The summed E-state index contributed by atoms with van der Waals surface area (Å²) in [5, 5.41) is 8.47. The normalized spacial score (nSPS) is 9.08. The van der Waals surface area contributed by atoms with Gasteiger partial charge in [-0.15, -0.1) is 0 Å². The SMILES string of the molecule is CONc1cc(F)cc(C#N)c1. The maximum absolute atomic E-state index is 12.7. The molecule has 0 saturated heterocycles. The van der Waals surface area contributed by atoms with E-state index in [-0.39, 0.29) is 5.56 Å². The molecule has 3 nitrogen and oxygen atoms in total. The molecule has 1 aromatic carbocycles. The lowest BCUT2D eigenvalue weighted by Gasteiger charge is -2.02. The molecule has 0 bridgehead atoms. The molecule has 0 fully saturated rings. The summed E-state index contributed by atoms with van der Waals surface area (Å²) in [5.41, 5.74) is 3.12. The first-order chi connectivity index (χ1) is 5.76. The monoisotopic (exact) mass is 166 g/mol. The fourth-order valence-corrected chi connectivity index (χ4v) is 0.831. The Bertz CT molecular complexity index is 319. The van der Waals surface area contributed by atoms with E-state index < -0.39 is 5.82 Å². The second-order valence-corrected chi connectivity index (χ2v) is 2.15. The molecule has 1 N–H and O–H groups in total. The highest BCUT2D eigenvalue weighted by Crippen LogP contribution is 2.12. The van der Waals surface area contributed by atoms with Gasteiger partial charge in [-0.05, 0) is 18.2 Å². The molecule has 0 aliphatic heterocycles. The Kier molecular flexibility index (Phi) is 2.62. The van der Waals surface area contributed by atoms with E-state index in [4.69, 9.17) is 5.26 Å². The number of anilines is 1. The van der Waals surface area contributed by atoms with Crippen LogP contribution in [0, 0.1) is 17.1 Å². The van der Waals surface area contributed by atoms with Crippen LogP contribution in [0.5, 0.6) is 0 Å². The number of nitriles is 1. The Morgan fingerprint density at radius 2 is 2.25 bits per heavy atom. The van der Waals surface area contributed by atoms with E-state index in [2.05, 4.69) is 10.3 Å². The maximum Gasteiger partial charge on any atom is 0.126 e. The van der Waals surface area contributed by atoms with Gasteiger partial charge in [-0.1, -0.05) is 0 Å². The zero-order valence-corrected chi connectivity index (χ0v) is 6.47. The Morgan fingerprint density at radius 3 is 2.83 bits per heavy atom. The van der Waals surface area contributed by atoms with Crippen molar-refractivity contribution in [2.24, 2.45) is 0 Å². The van der Waals surface area contributed by atoms with Gasteiger partial charge in [-0.25, -0.2) is 4.39 Å². The second-order valence-electron chi connectivity index (χ2n) is 2.15. The molecule has 0 amide bonds. The van der Waals surface area contributed by atoms with E-state index in [1.807, 2.05) is 6.07 Å². The van der Waals surface area contributed by atoms with Gasteiger partial charge in [0.25, 0.3) is 0 Å². The summed E-state index contributed by atoms with van der Waals surface area (Å²) >= 11 is 0. The van der Waals surface area contributed by atoms with E-state index >= 15 is 0 Å². The Hall–Kier alpha value is -1.60. The van der Waals surface area contributed by atoms with Crippen molar-refractivity contribution < 1.29 is 9.23 Å². The van der Waals surface area contributed by atoms with Crippen LogP contribution in [0.15, 0.2) is 18.2 Å². The zero-order valence-electron chi connectivity index (χ0n) is 6.47. The van der Waals surface area contributed by atoms with Gasteiger partial charge >= 0.3 is 0 Å². The van der Waals surface area contributed by atoms with Crippen molar-refractivity contribution in [1.29, 1.82) is 5.26 Å². The second kappa shape index (κ2) is 3.69. The summed E-state index contributed by atoms with van der Waals surface area (Å²) in [6.45, 7) is 0. The first kappa shape index (κ1) is 8.50. The molecule has 1 aromatic rings. The van der Waals surface area contributed by atoms with Gasteiger partial charge in [-0.2, -0.15) is 5.26 Å². The van der Waals surface area contributed by atoms with Crippen molar-refractivity contribution in [2.45, 2.75) is 0 Å². The molecule has 0 aliphatic rings. The molecule has 0 aliphatic carbocycles. The fraction of sp³-hybridized carbons (Fsp3) is 0.125. The Balaban J connectivity index is 3.00. The minimum absolute atomic E-state index is 0.259. The van der Waals surface area contributed by atoms with Gasteiger partial charge in [0.1, 0.15) is 5.82 Å². The molecule has 0 heterocycles. The predicted octanol–water partition coefficient (Wildman–Crippen LogP) is 1.67. The average molecular weight is 166 g/mol. The standard InChI is InChI=1S/C8H7FN2O/c1-12-11-8-3-6(5-10)2-7(9)4-8/h2-4,11H,1H3. The quantitative estimate of drug-likeness (QED) is 0.679. The summed E-state index contributed by atoms with van der Waals surface area (Å²) in [6, 6.07) is 5.72. The highest BCUT2D eigenvalue weighted by Gasteiger charge is 1.98. The lowest BCUT2D eigenvalue weighted by atomic mass is 10.2. The number of hydrogen-bond donors (Lipinski definition) is 1. The van der Waals surface area contributed by atoms with Crippen LogP contribution in [0.25, 0.3) is 0 Å². The molecule has 12 heavy (non-hydrogen) atoms. The van der Waals surface area contributed by atoms with Gasteiger partial charge in [0.05, 0.1) is 24.4 Å². The van der Waals surface area contributed by atoms with Crippen molar-refractivity contribution >= 4 is 5.69 Å². The topological polar surface area (TPSA) is 45.0 Å². The van der Waals surface area contributed by atoms with E-state index in [0.717, 1.165) is 6.07 Å². The van der Waals surface area contributed by atoms with Crippen molar-refractivity contribution in [3.05, 3.63) is 29.6 Å². The first-order valence-corrected chi connectivity index (χ1v) is 3.26. The predicted molar refractivity (Wildman–Crippen MR) is 41.7 cm³/mol. The summed E-state index contributed by atoms with van der Waals surface area (Å²) < 4.78 is 12.7. The van der Waals surface area contributed by atoms with Crippen molar-refractivity contribution in [3.8, 4) is 6.07 Å². The molecule has 4 heteroatoms. The lowest BCUT2D eigenvalue weighted by Crippen LogP contribution is -1.96. The van der Waals surface area contributed by atoms with Crippen LogP contribution >= 0.6 is 0 Å². The van der Waals surface area contributed by atoms with Gasteiger partial charge < -0.3 is 0 Å². The fourth-order valence-electron chi connectivity index (χ4n) is 0.831. The minimum Gasteiger partial charge on any atom is -0.279 e. The third-order valence-corrected chi connectivity index (χ3v) is 1.25. The Morgan fingerprint density at radius 1 is 1.50 bits per heavy atom. The number of nitrogens with zero attached hydrogens (tertiary/aromatic N) is 1. The third kappa shape index (κ3) is 1.94. The van der Waals surface area contributed by atoms with Crippen LogP contribution in [-0.4, -0.2) is 7.11 Å².